The molecule has 0 fully saturated rings. The van der Waals surface area contributed by atoms with Crippen LogP contribution < -0.4 is 5.73 Å². The zero-order chi connectivity index (χ0) is 10.6. The molecule has 1 aromatic rings. The van der Waals surface area contributed by atoms with Gasteiger partial charge in [-0.2, -0.15) is 0 Å². The average Bonchev–Trinajstić information content (AvgIpc) is 2.18. The summed E-state index contributed by atoms with van der Waals surface area (Å²) >= 11 is 4.93. The van der Waals surface area contributed by atoms with Gasteiger partial charge in [0.25, 0.3) is 0 Å². The van der Waals surface area contributed by atoms with Gasteiger partial charge in [-0.3, -0.25) is 4.79 Å². The summed E-state index contributed by atoms with van der Waals surface area (Å²) in [6, 6.07) is 5.73. The lowest BCUT2D eigenvalue weighted by Gasteiger charge is -2.05. The van der Waals surface area contributed by atoms with Crippen molar-refractivity contribution >= 4 is 33.5 Å². The first-order chi connectivity index (χ1) is 6.69. The van der Waals surface area contributed by atoms with E-state index in [1.54, 1.807) is 11.8 Å². The average molecular weight is 274 g/mol. The molecule has 1 rings (SSSR count). The summed E-state index contributed by atoms with van der Waals surface area (Å²) in [6.07, 6.45) is 2.37. The van der Waals surface area contributed by atoms with Gasteiger partial charge in [-0.15, -0.1) is 11.8 Å². The van der Waals surface area contributed by atoms with E-state index in [1.807, 2.05) is 24.5 Å². The van der Waals surface area contributed by atoms with Gasteiger partial charge in [0.2, 0.25) is 0 Å². The van der Waals surface area contributed by atoms with Gasteiger partial charge in [0.15, 0.2) is 5.78 Å². The molecule has 0 aliphatic rings. The molecule has 0 aliphatic carbocycles. The second-order valence-corrected chi connectivity index (χ2v) is 4.57. The van der Waals surface area contributed by atoms with Crippen LogP contribution in [-0.2, 0) is 0 Å². The van der Waals surface area contributed by atoms with Crippen molar-refractivity contribution in [2.24, 2.45) is 5.73 Å². The highest BCUT2D eigenvalue weighted by molar-refractivity contribution is 9.10. The Hall–Kier alpha value is -0.320. The molecule has 2 nitrogen and oxygen atoms in total. The summed E-state index contributed by atoms with van der Waals surface area (Å²) in [5.74, 6) is 0.109. The number of ketones is 1. The Morgan fingerprint density at radius 2 is 2.29 bits per heavy atom. The van der Waals surface area contributed by atoms with Crippen molar-refractivity contribution in [2.75, 3.05) is 12.8 Å². The topological polar surface area (TPSA) is 43.1 Å². The molecule has 0 heterocycles. The van der Waals surface area contributed by atoms with Gasteiger partial charge >= 0.3 is 0 Å². The fraction of sp³-hybridized carbons (Fsp3) is 0.300. The number of carbonyl (C=O) groups is 1. The van der Waals surface area contributed by atoms with Crippen molar-refractivity contribution in [3.05, 3.63) is 28.2 Å². The van der Waals surface area contributed by atoms with Gasteiger partial charge in [-0.25, -0.2) is 0 Å². The van der Waals surface area contributed by atoms with E-state index in [1.165, 1.54) is 0 Å². The van der Waals surface area contributed by atoms with Gasteiger partial charge in [-0.05, 0) is 31.0 Å². The molecule has 0 saturated carbocycles. The fourth-order valence-corrected chi connectivity index (χ4v) is 2.12. The Morgan fingerprint density at radius 1 is 1.57 bits per heavy atom. The third-order valence-corrected chi connectivity index (χ3v) is 3.12. The van der Waals surface area contributed by atoms with Crippen molar-refractivity contribution in [1.29, 1.82) is 0 Å². The van der Waals surface area contributed by atoms with E-state index >= 15 is 0 Å². The minimum absolute atomic E-state index is 0.109. The van der Waals surface area contributed by atoms with E-state index in [0.29, 0.717) is 13.0 Å². The quantitative estimate of drug-likeness (QED) is 0.678. The normalized spacial score (nSPS) is 10.2. The van der Waals surface area contributed by atoms with E-state index in [-0.39, 0.29) is 5.78 Å². The van der Waals surface area contributed by atoms with Crippen LogP contribution in [0.2, 0.25) is 0 Å². The monoisotopic (exact) mass is 273 g/mol. The van der Waals surface area contributed by atoms with Gasteiger partial charge in [0.1, 0.15) is 0 Å². The van der Waals surface area contributed by atoms with Gasteiger partial charge in [-0.1, -0.05) is 15.9 Å². The van der Waals surface area contributed by atoms with E-state index < -0.39 is 0 Å². The predicted molar refractivity (Wildman–Crippen MR) is 63.9 cm³/mol. The smallest absolute Gasteiger partial charge is 0.165 e. The van der Waals surface area contributed by atoms with Crippen molar-refractivity contribution in [2.45, 2.75) is 11.3 Å². The van der Waals surface area contributed by atoms with Crippen LogP contribution in [0.1, 0.15) is 16.8 Å². The van der Waals surface area contributed by atoms with Crippen molar-refractivity contribution < 1.29 is 4.79 Å². The Kier molecular flexibility index (Phi) is 4.65. The van der Waals surface area contributed by atoms with Crippen LogP contribution in [0.5, 0.6) is 0 Å². The summed E-state index contributed by atoms with van der Waals surface area (Å²) in [4.78, 5) is 12.7. The third-order valence-electron chi connectivity index (χ3n) is 1.83. The lowest BCUT2D eigenvalue weighted by Crippen LogP contribution is -2.09. The molecule has 0 radical (unpaired) electrons. The van der Waals surface area contributed by atoms with Crippen LogP contribution in [0, 0.1) is 0 Å². The van der Waals surface area contributed by atoms with Crippen LogP contribution in [0.15, 0.2) is 27.6 Å². The summed E-state index contributed by atoms with van der Waals surface area (Å²) in [7, 11) is 0. The molecule has 0 unspecified atom stereocenters. The largest absolute Gasteiger partial charge is 0.330 e. The molecule has 0 atom stereocenters. The second-order valence-electron chi connectivity index (χ2n) is 2.81. The maximum atomic E-state index is 11.7. The molecule has 4 heteroatoms. The first-order valence-corrected chi connectivity index (χ1v) is 6.27. The Bertz CT molecular complexity index is 341. The van der Waals surface area contributed by atoms with Crippen LogP contribution in [-0.4, -0.2) is 18.6 Å². The van der Waals surface area contributed by atoms with Gasteiger partial charge in [0.05, 0.1) is 0 Å². The second kappa shape index (κ2) is 5.53. The first kappa shape index (κ1) is 11.8. The zero-order valence-electron chi connectivity index (χ0n) is 7.92. The van der Waals surface area contributed by atoms with Crippen LogP contribution in [0.3, 0.4) is 0 Å². The number of halogens is 1. The summed E-state index contributed by atoms with van der Waals surface area (Å²) in [5.41, 5.74) is 6.12. The fourth-order valence-electron chi connectivity index (χ4n) is 1.16. The Labute approximate surface area is 96.4 Å². The van der Waals surface area contributed by atoms with E-state index in [9.17, 15) is 4.79 Å². The number of hydrogen-bond donors (Lipinski definition) is 1. The number of nitrogens with two attached hydrogens (primary N) is 1. The summed E-state index contributed by atoms with van der Waals surface area (Å²) in [6.45, 7) is 0.402. The zero-order valence-corrected chi connectivity index (χ0v) is 10.3. The standard InChI is InChI=1S/C10H12BrNOS/c1-14-10-3-2-7(11)6-8(10)9(13)4-5-12/h2-3,6H,4-5,12H2,1H3. The number of rotatable bonds is 4. The minimum Gasteiger partial charge on any atom is -0.330 e. The molecular weight excluding hydrogens is 262 g/mol. The molecule has 1 aromatic carbocycles. The number of Topliss-reactive ketones (excluding diaryl/α,β-unsaturated/α-hetero) is 1. The molecule has 0 aliphatic heterocycles. The molecule has 0 spiro atoms. The van der Waals surface area contributed by atoms with E-state index in [0.717, 1.165) is 14.9 Å². The number of thioether (sulfide) groups is 1. The highest BCUT2D eigenvalue weighted by Gasteiger charge is 2.10. The van der Waals surface area contributed by atoms with Crippen LogP contribution in [0.25, 0.3) is 0 Å². The SMILES string of the molecule is CSc1ccc(Br)cc1C(=O)CCN. The Balaban J connectivity index is 3.03. The molecule has 0 bridgehead atoms. The number of benzene rings is 1. The minimum atomic E-state index is 0.109. The maximum absolute atomic E-state index is 11.7. The first-order valence-electron chi connectivity index (χ1n) is 4.26. The highest BCUT2D eigenvalue weighted by atomic mass is 79.9. The molecule has 0 aromatic heterocycles. The number of carbonyl (C=O) groups excluding carboxylic acids is 1. The molecule has 0 amide bonds. The lowest BCUT2D eigenvalue weighted by atomic mass is 10.1. The maximum Gasteiger partial charge on any atom is 0.165 e. The van der Waals surface area contributed by atoms with Crippen LogP contribution >= 0.6 is 27.7 Å². The highest BCUT2D eigenvalue weighted by Crippen LogP contribution is 2.25. The van der Waals surface area contributed by atoms with Crippen molar-refractivity contribution in [1.82, 2.24) is 0 Å². The van der Waals surface area contributed by atoms with Crippen LogP contribution in [0.4, 0.5) is 0 Å². The predicted octanol–water partition coefficient (Wildman–Crippen LogP) is 2.70. The molecule has 2 N–H and O–H groups in total. The van der Waals surface area contributed by atoms with Gasteiger partial charge < -0.3 is 5.73 Å². The lowest BCUT2D eigenvalue weighted by molar-refractivity contribution is 0.0982. The van der Waals surface area contributed by atoms with Crippen molar-refractivity contribution in [3.8, 4) is 0 Å². The van der Waals surface area contributed by atoms with Crippen molar-refractivity contribution in [3.63, 3.8) is 0 Å². The molecule has 14 heavy (non-hydrogen) atoms. The summed E-state index contributed by atoms with van der Waals surface area (Å²) in [5, 5.41) is 0. The number of hydrogen-bond acceptors (Lipinski definition) is 3. The summed E-state index contributed by atoms with van der Waals surface area (Å²) < 4.78 is 0.927. The van der Waals surface area contributed by atoms with Gasteiger partial charge in [0, 0.05) is 21.4 Å². The molecule has 76 valence electrons. The third kappa shape index (κ3) is 2.83. The molecule has 0 saturated heterocycles. The molecular formula is C10H12BrNOS. The Morgan fingerprint density at radius 3 is 2.86 bits per heavy atom. The van der Waals surface area contributed by atoms with E-state index in [2.05, 4.69) is 15.9 Å². The van der Waals surface area contributed by atoms with E-state index in [4.69, 9.17) is 5.73 Å².